The summed E-state index contributed by atoms with van der Waals surface area (Å²) in [7, 11) is 0. The average molecular weight is 258 g/mol. The number of aliphatic carboxylic acids is 1. The van der Waals surface area contributed by atoms with E-state index >= 15 is 0 Å². The van der Waals surface area contributed by atoms with Crippen LogP contribution in [0.1, 0.15) is 33.1 Å². The van der Waals surface area contributed by atoms with Crippen molar-refractivity contribution in [3.63, 3.8) is 0 Å². The number of piperidine rings is 1. The van der Waals surface area contributed by atoms with Gasteiger partial charge in [-0.25, -0.2) is 0 Å². The highest BCUT2D eigenvalue weighted by atomic mass is 16.4. The number of carbonyl (C=O) groups is 1. The molecule has 1 aliphatic rings. The first-order valence-electron chi connectivity index (χ1n) is 6.89. The van der Waals surface area contributed by atoms with Crippen molar-refractivity contribution in [1.82, 2.24) is 10.2 Å². The number of hydrogen-bond donors (Lipinski definition) is 3. The van der Waals surface area contributed by atoms with Crippen molar-refractivity contribution in [2.45, 2.75) is 45.2 Å². The maximum Gasteiger partial charge on any atom is 0.307 e. The van der Waals surface area contributed by atoms with Crippen LogP contribution in [0.2, 0.25) is 0 Å². The summed E-state index contributed by atoms with van der Waals surface area (Å²) in [5, 5.41) is 21.3. The summed E-state index contributed by atoms with van der Waals surface area (Å²) in [6, 6.07) is 0.648. The molecule has 18 heavy (non-hydrogen) atoms. The molecule has 3 N–H and O–H groups in total. The summed E-state index contributed by atoms with van der Waals surface area (Å²) >= 11 is 0. The molecule has 106 valence electrons. The van der Waals surface area contributed by atoms with Crippen molar-refractivity contribution in [1.29, 1.82) is 0 Å². The quantitative estimate of drug-likeness (QED) is 0.581. The van der Waals surface area contributed by atoms with Gasteiger partial charge in [0, 0.05) is 31.8 Å². The zero-order valence-corrected chi connectivity index (χ0v) is 11.4. The van der Waals surface area contributed by atoms with Gasteiger partial charge in [-0.15, -0.1) is 0 Å². The van der Waals surface area contributed by atoms with E-state index in [0.717, 1.165) is 25.9 Å². The third-order valence-corrected chi connectivity index (χ3v) is 3.81. The van der Waals surface area contributed by atoms with Crippen LogP contribution in [0.5, 0.6) is 0 Å². The Kier molecular flexibility index (Phi) is 6.60. The Morgan fingerprint density at radius 3 is 2.78 bits per heavy atom. The van der Waals surface area contributed by atoms with Crippen LogP contribution < -0.4 is 5.32 Å². The Bertz CT molecular complexity index is 261. The van der Waals surface area contributed by atoms with Gasteiger partial charge in [0.15, 0.2) is 0 Å². The highest BCUT2D eigenvalue weighted by Crippen LogP contribution is 2.20. The van der Waals surface area contributed by atoms with E-state index in [1.165, 1.54) is 0 Å². The molecule has 0 aromatic heterocycles. The molecular weight excluding hydrogens is 232 g/mol. The summed E-state index contributed by atoms with van der Waals surface area (Å²) in [5.41, 5.74) is 0. The van der Waals surface area contributed by atoms with Crippen LogP contribution in [0, 0.1) is 5.92 Å². The Morgan fingerprint density at radius 2 is 2.22 bits per heavy atom. The largest absolute Gasteiger partial charge is 0.481 e. The summed E-state index contributed by atoms with van der Waals surface area (Å²) in [6.45, 7) is 6.77. The first-order valence-corrected chi connectivity index (χ1v) is 6.89. The monoisotopic (exact) mass is 258 g/mol. The number of carboxylic acid groups (broad SMARTS) is 1. The topological polar surface area (TPSA) is 72.8 Å². The molecule has 0 radical (unpaired) electrons. The molecule has 3 unspecified atom stereocenters. The molecule has 3 atom stereocenters. The Hall–Kier alpha value is -0.650. The number of hydrogen-bond acceptors (Lipinski definition) is 4. The third kappa shape index (κ3) is 4.55. The highest BCUT2D eigenvalue weighted by Gasteiger charge is 2.32. The van der Waals surface area contributed by atoms with Gasteiger partial charge in [0.1, 0.15) is 0 Å². The van der Waals surface area contributed by atoms with Gasteiger partial charge in [-0.3, -0.25) is 9.69 Å². The number of aliphatic hydroxyl groups excluding tert-OH is 1. The molecule has 1 fully saturated rings. The van der Waals surface area contributed by atoms with E-state index < -0.39 is 5.97 Å². The van der Waals surface area contributed by atoms with Crippen LogP contribution in [-0.2, 0) is 4.79 Å². The fraction of sp³-hybridized carbons (Fsp3) is 0.923. The molecular formula is C13H26N2O3. The summed E-state index contributed by atoms with van der Waals surface area (Å²) in [4.78, 5) is 13.5. The zero-order chi connectivity index (χ0) is 13.5. The number of nitrogens with one attached hydrogen (secondary N) is 1. The minimum Gasteiger partial charge on any atom is -0.481 e. The molecule has 0 bridgehead atoms. The molecule has 1 aliphatic heterocycles. The maximum atomic E-state index is 11.2. The molecule has 5 heteroatoms. The molecule has 1 rings (SSSR count). The fourth-order valence-electron chi connectivity index (χ4n) is 2.46. The van der Waals surface area contributed by atoms with Crippen molar-refractivity contribution < 1.29 is 15.0 Å². The van der Waals surface area contributed by atoms with Gasteiger partial charge in [-0.1, -0.05) is 6.92 Å². The Balaban J connectivity index is 2.53. The predicted octanol–water partition coefficient (Wildman–Crippen LogP) is 0.532. The second-order valence-corrected chi connectivity index (χ2v) is 5.21. The standard InChI is InChI=1S/C13H26N2O3/c1-3-10(2)15-8-11(13(17)18)7-12(9-15)14-5-4-6-16/h10-12,14,16H,3-9H2,1-2H3,(H,17,18). The van der Waals surface area contributed by atoms with E-state index in [-0.39, 0.29) is 18.6 Å². The lowest BCUT2D eigenvalue weighted by molar-refractivity contribution is -0.144. The van der Waals surface area contributed by atoms with Crippen LogP contribution in [0.15, 0.2) is 0 Å². The van der Waals surface area contributed by atoms with Crippen LogP contribution in [0.25, 0.3) is 0 Å². The van der Waals surface area contributed by atoms with Crippen LogP contribution in [0.3, 0.4) is 0 Å². The van der Waals surface area contributed by atoms with Gasteiger partial charge in [-0.05, 0) is 32.7 Å². The second-order valence-electron chi connectivity index (χ2n) is 5.21. The molecule has 0 amide bonds. The van der Waals surface area contributed by atoms with Crippen LogP contribution >= 0.6 is 0 Å². The second kappa shape index (κ2) is 7.71. The van der Waals surface area contributed by atoms with Crippen molar-refractivity contribution in [2.24, 2.45) is 5.92 Å². The molecule has 0 spiro atoms. The Labute approximate surface area is 109 Å². The van der Waals surface area contributed by atoms with E-state index in [4.69, 9.17) is 5.11 Å². The number of nitrogens with zero attached hydrogens (tertiary/aromatic N) is 1. The van der Waals surface area contributed by atoms with Crippen molar-refractivity contribution in [2.75, 3.05) is 26.2 Å². The van der Waals surface area contributed by atoms with Gasteiger partial charge in [-0.2, -0.15) is 0 Å². The molecule has 0 aromatic rings. The first kappa shape index (κ1) is 15.4. The van der Waals surface area contributed by atoms with Gasteiger partial charge in [0.25, 0.3) is 0 Å². The maximum absolute atomic E-state index is 11.2. The van der Waals surface area contributed by atoms with Gasteiger partial charge in [0.05, 0.1) is 5.92 Å². The predicted molar refractivity (Wildman–Crippen MR) is 70.6 cm³/mol. The van der Waals surface area contributed by atoms with E-state index in [2.05, 4.69) is 24.1 Å². The van der Waals surface area contributed by atoms with Gasteiger partial charge in [0.2, 0.25) is 0 Å². The minimum atomic E-state index is -0.697. The van der Waals surface area contributed by atoms with Crippen molar-refractivity contribution >= 4 is 5.97 Å². The van der Waals surface area contributed by atoms with E-state index in [0.29, 0.717) is 19.0 Å². The lowest BCUT2D eigenvalue weighted by Gasteiger charge is -2.39. The van der Waals surface area contributed by atoms with Crippen molar-refractivity contribution in [3.05, 3.63) is 0 Å². The van der Waals surface area contributed by atoms with Crippen LogP contribution in [-0.4, -0.2) is 59.4 Å². The molecule has 5 nitrogen and oxygen atoms in total. The summed E-state index contributed by atoms with van der Waals surface area (Å²) in [6.07, 6.45) is 2.45. The van der Waals surface area contributed by atoms with E-state index in [1.807, 2.05) is 0 Å². The number of rotatable bonds is 7. The zero-order valence-electron chi connectivity index (χ0n) is 11.4. The fourth-order valence-corrected chi connectivity index (χ4v) is 2.46. The third-order valence-electron chi connectivity index (χ3n) is 3.81. The number of likely N-dealkylation sites (tertiary alicyclic amines) is 1. The molecule has 0 aliphatic carbocycles. The molecule has 1 heterocycles. The smallest absolute Gasteiger partial charge is 0.307 e. The van der Waals surface area contributed by atoms with Crippen LogP contribution in [0.4, 0.5) is 0 Å². The molecule has 0 saturated carbocycles. The SMILES string of the molecule is CCC(C)N1CC(NCCCO)CC(C(=O)O)C1. The molecule has 1 saturated heterocycles. The Morgan fingerprint density at radius 1 is 1.50 bits per heavy atom. The lowest BCUT2D eigenvalue weighted by atomic mass is 9.93. The van der Waals surface area contributed by atoms with E-state index in [1.54, 1.807) is 0 Å². The van der Waals surface area contributed by atoms with E-state index in [9.17, 15) is 9.90 Å². The number of carboxylic acids is 1. The van der Waals surface area contributed by atoms with Gasteiger partial charge < -0.3 is 15.5 Å². The summed E-state index contributed by atoms with van der Waals surface area (Å²) in [5.74, 6) is -0.976. The van der Waals surface area contributed by atoms with Gasteiger partial charge >= 0.3 is 5.97 Å². The average Bonchev–Trinajstić information content (AvgIpc) is 2.37. The lowest BCUT2D eigenvalue weighted by Crippen LogP contribution is -2.53. The van der Waals surface area contributed by atoms with Crippen molar-refractivity contribution in [3.8, 4) is 0 Å². The number of aliphatic hydroxyl groups is 1. The highest BCUT2D eigenvalue weighted by molar-refractivity contribution is 5.70. The minimum absolute atomic E-state index is 0.178. The first-order chi connectivity index (χ1) is 8.58. The molecule has 0 aromatic carbocycles. The normalized spacial score (nSPS) is 27.1. The summed E-state index contributed by atoms with van der Waals surface area (Å²) < 4.78 is 0.